The van der Waals surface area contributed by atoms with Crippen LogP contribution in [0.15, 0.2) is 29.2 Å². The van der Waals surface area contributed by atoms with Crippen LogP contribution in [0.25, 0.3) is 0 Å². The zero-order valence-corrected chi connectivity index (χ0v) is 14.9. The number of rotatable bonds is 5. The third kappa shape index (κ3) is 4.67. The van der Waals surface area contributed by atoms with Crippen molar-refractivity contribution < 1.29 is 8.42 Å². The first kappa shape index (κ1) is 19.4. The third-order valence-corrected chi connectivity index (χ3v) is 5.75. The quantitative estimate of drug-likeness (QED) is 0.877. The Kier molecular flexibility index (Phi) is 7.28. The molecule has 1 heterocycles. The molecule has 0 radical (unpaired) electrons. The van der Waals surface area contributed by atoms with E-state index in [0.717, 1.165) is 24.9 Å². The summed E-state index contributed by atoms with van der Waals surface area (Å²) in [6.07, 6.45) is 1.91. The van der Waals surface area contributed by atoms with Crippen LogP contribution in [0.4, 0.5) is 0 Å². The van der Waals surface area contributed by atoms with E-state index in [4.69, 9.17) is 5.73 Å². The lowest BCUT2D eigenvalue weighted by Crippen LogP contribution is -2.41. The fourth-order valence-electron chi connectivity index (χ4n) is 2.72. The van der Waals surface area contributed by atoms with Crippen LogP contribution in [0.5, 0.6) is 0 Å². The molecular formula is C15H26ClN3O2S. The maximum absolute atomic E-state index is 12.7. The van der Waals surface area contributed by atoms with E-state index in [2.05, 4.69) is 4.90 Å². The molecular weight excluding hydrogens is 322 g/mol. The van der Waals surface area contributed by atoms with Gasteiger partial charge in [-0.2, -0.15) is 4.31 Å². The number of benzene rings is 1. The molecule has 22 heavy (non-hydrogen) atoms. The Morgan fingerprint density at radius 3 is 2.45 bits per heavy atom. The summed E-state index contributed by atoms with van der Waals surface area (Å²) in [6, 6.07) is 7.19. The third-order valence-electron chi connectivity index (χ3n) is 3.87. The zero-order chi connectivity index (χ0) is 15.5. The second-order valence-corrected chi connectivity index (χ2v) is 7.93. The van der Waals surface area contributed by atoms with Gasteiger partial charge in [-0.3, -0.25) is 0 Å². The molecule has 2 rings (SSSR count). The number of nitrogens with two attached hydrogens (primary N) is 1. The molecule has 1 aromatic carbocycles. The first-order valence-corrected chi connectivity index (χ1v) is 8.81. The number of hydrogen-bond acceptors (Lipinski definition) is 4. The maximum atomic E-state index is 12.7. The highest BCUT2D eigenvalue weighted by atomic mass is 35.5. The van der Waals surface area contributed by atoms with Crippen molar-refractivity contribution in [3.63, 3.8) is 0 Å². The molecule has 1 atom stereocenters. The van der Waals surface area contributed by atoms with Crippen LogP contribution in [0.2, 0.25) is 0 Å². The van der Waals surface area contributed by atoms with Gasteiger partial charge in [0.1, 0.15) is 0 Å². The standard InChI is InChI=1S/C15H25N3O2S.ClH/c1-17(2)11-13-5-7-15(8-6-13)21(19,20)18-9-3-4-14(10-16)12-18;/h5-8,14H,3-4,9-12,16H2,1-2H3;1H. The molecule has 0 aromatic heterocycles. The van der Waals surface area contributed by atoms with Gasteiger partial charge in [0, 0.05) is 19.6 Å². The minimum atomic E-state index is -3.39. The minimum Gasteiger partial charge on any atom is -0.330 e. The summed E-state index contributed by atoms with van der Waals surface area (Å²) in [6.45, 7) is 2.49. The van der Waals surface area contributed by atoms with Gasteiger partial charge < -0.3 is 10.6 Å². The second kappa shape index (κ2) is 8.26. The SMILES string of the molecule is CN(C)Cc1ccc(S(=O)(=O)N2CCCC(CN)C2)cc1.Cl. The van der Waals surface area contributed by atoms with Gasteiger partial charge in [0.25, 0.3) is 0 Å². The van der Waals surface area contributed by atoms with E-state index in [9.17, 15) is 8.42 Å². The fraction of sp³-hybridized carbons (Fsp3) is 0.600. The van der Waals surface area contributed by atoms with Crippen molar-refractivity contribution in [2.24, 2.45) is 11.7 Å². The normalized spacial score (nSPS) is 19.9. The zero-order valence-electron chi connectivity index (χ0n) is 13.2. The van der Waals surface area contributed by atoms with E-state index in [1.165, 1.54) is 0 Å². The molecule has 2 N–H and O–H groups in total. The average molecular weight is 348 g/mol. The second-order valence-electron chi connectivity index (χ2n) is 5.99. The number of nitrogens with zero attached hydrogens (tertiary/aromatic N) is 2. The van der Waals surface area contributed by atoms with E-state index < -0.39 is 10.0 Å². The van der Waals surface area contributed by atoms with Crippen molar-refractivity contribution in [1.29, 1.82) is 0 Å². The lowest BCUT2D eigenvalue weighted by Gasteiger charge is -2.31. The lowest BCUT2D eigenvalue weighted by molar-refractivity contribution is 0.271. The minimum absolute atomic E-state index is 0. The molecule has 1 aliphatic rings. The Balaban J connectivity index is 0.00000242. The summed E-state index contributed by atoms with van der Waals surface area (Å²) in [5.41, 5.74) is 6.80. The number of piperidine rings is 1. The summed E-state index contributed by atoms with van der Waals surface area (Å²) in [7, 11) is 0.597. The molecule has 1 unspecified atom stereocenters. The Morgan fingerprint density at radius 2 is 1.91 bits per heavy atom. The van der Waals surface area contributed by atoms with Crippen LogP contribution >= 0.6 is 12.4 Å². The molecule has 0 saturated carbocycles. The molecule has 1 aliphatic heterocycles. The molecule has 0 spiro atoms. The molecule has 1 fully saturated rings. The van der Waals surface area contributed by atoms with Crippen molar-refractivity contribution >= 4 is 22.4 Å². The topological polar surface area (TPSA) is 66.6 Å². The monoisotopic (exact) mass is 347 g/mol. The lowest BCUT2D eigenvalue weighted by atomic mass is 10.0. The van der Waals surface area contributed by atoms with Crippen LogP contribution < -0.4 is 5.73 Å². The Labute approximate surface area is 139 Å². The summed E-state index contributed by atoms with van der Waals surface area (Å²) in [5.74, 6) is 0.279. The van der Waals surface area contributed by atoms with Crippen molar-refractivity contribution in [2.75, 3.05) is 33.7 Å². The number of hydrogen-bond donors (Lipinski definition) is 1. The van der Waals surface area contributed by atoms with E-state index in [-0.39, 0.29) is 18.3 Å². The van der Waals surface area contributed by atoms with Gasteiger partial charge in [0.05, 0.1) is 4.90 Å². The average Bonchev–Trinajstić information content (AvgIpc) is 2.47. The molecule has 0 amide bonds. The summed E-state index contributed by atoms with van der Waals surface area (Å²) >= 11 is 0. The molecule has 126 valence electrons. The van der Waals surface area contributed by atoms with Gasteiger partial charge in [0.15, 0.2) is 0 Å². The number of sulfonamides is 1. The molecule has 7 heteroatoms. The van der Waals surface area contributed by atoms with Gasteiger partial charge in [-0.1, -0.05) is 12.1 Å². The van der Waals surface area contributed by atoms with Crippen LogP contribution in [-0.2, 0) is 16.6 Å². The molecule has 5 nitrogen and oxygen atoms in total. The van der Waals surface area contributed by atoms with Crippen LogP contribution in [0.1, 0.15) is 18.4 Å². The maximum Gasteiger partial charge on any atom is 0.243 e. The summed E-state index contributed by atoms with van der Waals surface area (Å²) in [4.78, 5) is 2.43. The largest absolute Gasteiger partial charge is 0.330 e. The molecule has 0 bridgehead atoms. The number of halogens is 1. The summed E-state index contributed by atoms with van der Waals surface area (Å²) in [5, 5.41) is 0. The predicted octanol–water partition coefficient (Wildman–Crippen LogP) is 1.53. The highest BCUT2D eigenvalue weighted by molar-refractivity contribution is 7.89. The van der Waals surface area contributed by atoms with Crippen molar-refractivity contribution in [2.45, 2.75) is 24.3 Å². The van der Waals surface area contributed by atoms with E-state index in [1.54, 1.807) is 16.4 Å². The van der Waals surface area contributed by atoms with Gasteiger partial charge in [0.2, 0.25) is 10.0 Å². The van der Waals surface area contributed by atoms with E-state index in [0.29, 0.717) is 24.5 Å². The van der Waals surface area contributed by atoms with Gasteiger partial charge in [-0.15, -0.1) is 12.4 Å². The van der Waals surface area contributed by atoms with E-state index in [1.807, 2.05) is 26.2 Å². The van der Waals surface area contributed by atoms with Crippen LogP contribution in [-0.4, -0.2) is 51.4 Å². The smallest absolute Gasteiger partial charge is 0.243 e. The highest BCUT2D eigenvalue weighted by Crippen LogP contribution is 2.23. The van der Waals surface area contributed by atoms with Gasteiger partial charge in [-0.25, -0.2) is 8.42 Å². The Hall–Kier alpha value is -0.660. The van der Waals surface area contributed by atoms with Crippen LogP contribution in [0.3, 0.4) is 0 Å². The van der Waals surface area contributed by atoms with Crippen molar-refractivity contribution in [1.82, 2.24) is 9.21 Å². The Morgan fingerprint density at radius 1 is 1.27 bits per heavy atom. The predicted molar refractivity (Wildman–Crippen MR) is 91.6 cm³/mol. The van der Waals surface area contributed by atoms with Crippen LogP contribution in [0, 0.1) is 5.92 Å². The molecule has 1 aromatic rings. The van der Waals surface area contributed by atoms with Crippen molar-refractivity contribution in [3.05, 3.63) is 29.8 Å². The molecule has 1 saturated heterocycles. The molecule has 0 aliphatic carbocycles. The summed E-state index contributed by atoms with van der Waals surface area (Å²) < 4.78 is 26.9. The fourth-order valence-corrected chi connectivity index (χ4v) is 4.27. The first-order valence-electron chi connectivity index (χ1n) is 7.37. The Bertz CT molecular complexity index is 561. The van der Waals surface area contributed by atoms with E-state index >= 15 is 0 Å². The van der Waals surface area contributed by atoms with Gasteiger partial charge >= 0.3 is 0 Å². The van der Waals surface area contributed by atoms with Gasteiger partial charge in [-0.05, 0) is 57.1 Å². The van der Waals surface area contributed by atoms with Crippen molar-refractivity contribution in [3.8, 4) is 0 Å². The first-order chi connectivity index (χ1) is 9.93. The highest BCUT2D eigenvalue weighted by Gasteiger charge is 2.29.